The molecule has 2 atom stereocenters. The summed E-state index contributed by atoms with van der Waals surface area (Å²) in [6.07, 6.45) is 11.7. The molecule has 0 bridgehead atoms. The normalized spacial score (nSPS) is 33.4. The standard InChI is InChI=1S/C10H16/c1-3-5-10-7-4-6-9(2)8-10/h3-6,9-10H,7-8H2,1-2H3/b5-3+/t9-,10+/m1/s1. The molecule has 1 aliphatic carbocycles. The van der Waals surface area contributed by atoms with Gasteiger partial charge in [0.25, 0.3) is 0 Å². The maximum Gasteiger partial charge on any atom is -0.0194 e. The number of hydrogen-bond acceptors (Lipinski definition) is 0. The average molecular weight is 136 g/mol. The predicted octanol–water partition coefficient (Wildman–Crippen LogP) is 3.16. The Bertz CT molecular complexity index is 142. The molecule has 0 radical (unpaired) electrons. The van der Waals surface area contributed by atoms with Gasteiger partial charge in [-0.05, 0) is 31.6 Å². The van der Waals surface area contributed by atoms with Gasteiger partial charge in [0.2, 0.25) is 0 Å². The maximum absolute atomic E-state index is 2.32. The highest BCUT2D eigenvalue weighted by Gasteiger charge is 2.10. The van der Waals surface area contributed by atoms with Crippen molar-refractivity contribution in [3.8, 4) is 0 Å². The van der Waals surface area contributed by atoms with Crippen LogP contribution in [0.1, 0.15) is 26.7 Å². The van der Waals surface area contributed by atoms with E-state index in [4.69, 9.17) is 0 Å². The zero-order chi connectivity index (χ0) is 7.40. The molecule has 0 unspecified atom stereocenters. The molecule has 0 fully saturated rings. The summed E-state index contributed by atoms with van der Waals surface area (Å²) in [6.45, 7) is 4.38. The van der Waals surface area contributed by atoms with Crippen molar-refractivity contribution in [2.24, 2.45) is 11.8 Å². The van der Waals surface area contributed by atoms with E-state index in [0.717, 1.165) is 11.8 Å². The summed E-state index contributed by atoms with van der Waals surface area (Å²) < 4.78 is 0. The van der Waals surface area contributed by atoms with Crippen LogP contribution in [0.3, 0.4) is 0 Å². The first-order valence-electron chi connectivity index (χ1n) is 4.12. The largest absolute Gasteiger partial charge is 0.0914 e. The van der Waals surface area contributed by atoms with E-state index in [2.05, 4.69) is 38.2 Å². The summed E-state index contributed by atoms with van der Waals surface area (Å²) in [5.74, 6) is 1.60. The van der Waals surface area contributed by atoms with Gasteiger partial charge in [0.1, 0.15) is 0 Å². The van der Waals surface area contributed by atoms with Crippen molar-refractivity contribution in [1.82, 2.24) is 0 Å². The van der Waals surface area contributed by atoms with Crippen LogP contribution < -0.4 is 0 Å². The van der Waals surface area contributed by atoms with E-state index in [1.165, 1.54) is 12.8 Å². The zero-order valence-corrected chi connectivity index (χ0v) is 6.88. The van der Waals surface area contributed by atoms with Crippen molar-refractivity contribution in [2.45, 2.75) is 26.7 Å². The van der Waals surface area contributed by atoms with Gasteiger partial charge in [0.05, 0.1) is 0 Å². The summed E-state index contributed by atoms with van der Waals surface area (Å²) in [5, 5.41) is 0. The van der Waals surface area contributed by atoms with Crippen molar-refractivity contribution in [3.63, 3.8) is 0 Å². The second kappa shape index (κ2) is 3.60. The lowest BCUT2D eigenvalue weighted by Crippen LogP contribution is -2.05. The fourth-order valence-corrected chi connectivity index (χ4v) is 1.57. The molecule has 0 spiro atoms. The average Bonchev–Trinajstić information content (AvgIpc) is 1.88. The number of allylic oxidation sites excluding steroid dienone is 4. The SMILES string of the molecule is C/C=C/[C@H]1CC=C[C@@H](C)C1. The molecule has 56 valence electrons. The molecule has 0 nitrogen and oxygen atoms in total. The lowest BCUT2D eigenvalue weighted by molar-refractivity contribution is 0.489. The molecule has 0 heterocycles. The summed E-state index contributed by atoms with van der Waals surface area (Å²) >= 11 is 0. The van der Waals surface area contributed by atoms with E-state index in [1.807, 2.05) is 0 Å². The predicted molar refractivity (Wildman–Crippen MR) is 45.8 cm³/mol. The zero-order valence-electron chi connectivity index (χ0n) is 6.88. The van der Waals surface area contributed by atoms with Crippen molar-refractivity contribution in [3.05, 3.63) is 24.3 Å². The summed E-state index contributed by atoms with van der Waals surface area (Å²) in [5.41, 5.74) is 0. The Hall–Kier alpha value is -0.520. The van der Waals surface area contributed by atoms with Gasteiger partial charge in [-0.25, -0.2) is 0 Å². The fourth-order valence-electron chi connectivity index (χ4n) is 1.57. The van der Waals surface area contributed by atoms with Gasteiger partial charge in [-0.15, -0.1) is 0 Å². The van der Waals surface area contributed by atoms with E-state index >= 15 is 0 Å². The maximum atomic E-state index is 2.32. The first-order valence-corrected chi connectivity index (χ1v) is 4.12. The second-order valence-electron chi connectivity index (χ2n) is 3.16. The van der Waals surface area contributed by atoms with Crippen molar-refractivity contribution < 1.29 is 0 Å². The quantitative estimate of drug-likeness (QED) is 0.486. The van der Waals surface area contributed by atoms with Crippen LogP contribution in [0.15, 0.2) is 24.3 Å². The van der Waals surface area contributed by atoms with Gasteiger partial charge < -0.3 is 0 Å². The van der Waals surface area contributed by atoms with Gasteiger partial charge in [-0.2, -0.15) is 0 Å². The summed E-state index contributed by atoms with van der Waals surface area (Å²) in [6, 6.07) is 0. The molecule has 0 aliphatic heterocycles. The van der Waals surface area contributed by atoms with E-state index in [0.29, 0.717) is 0 Å². The highest BCUT2D eigenvalue weighted by atomic mass is 14.2. The van der Waals surface area contributed by atoms with Crippen molar-refractivity contribution >= 4 is 0 Å². The summed E-state index contributed by atoms with van der Waals surface area (Å²) in [4.78, 5) is 0. The van der Waals surface area contributed by atoms with Crippen LogP contribution >= 0.6 is 0 Å². The van der Waals surface area contributed by atoms with Crippen LogP contribution in [0.4, 0.5) is 0 Å². The molecular formula is C10H16. The Labute approximate surface area is 63.6 Å². The molecule has 0 heteroatoms. The summed E-state index contributed by atoms with van der Waals surface area (Å²) in [7, 11) is 0. The topological polar surface area (TPSA) is 0 Å². The highest BCUT2D eigenvalue weighted by Crippen LogP contribution is 2.23. The van der Waals surface area contributed by atoms with Crippen molar-refractivity contribution in [1.29, 1.82) is 0 Å². The van der Waals surface area contributed by atoms with E-state index in [9.17, 15) is 0 Å². The molecule has 0 amide bonds. The van der Waals surface area contributed by atoms with Crippen LogP contribution in [0.2, 0.25) is 0 Å². The third-order valence-corrected chi connectivity index (χ3v) is 2.04. The third kappa shape index (κ3) is 2.02. The number of hydrogen-bond donors (Lipinski definition) is 0. The Kier molecular flexibility index (Phi) is 2.73. The van der Waals surface area contributed by atoms with E-state index < -0.39 is 0 Å². The third-order valence-electron chi connectivity index (χ3n) is 2.04. The van der Waals surface area contributed by atoms with Crippen molar-refractivity contribution in [2.75, 3.05) is 0 Å². The van der Waals surface area contributed by atoms with Crippen LogP contribution in [-0.4, -0.2) is 0 Å². The Balaban J connectivity index is 2.44. The lowest BCUT2D eigenvalue weighted by Gasteiger charge is -2.18. The highest BCUT2D eigenvalue weighted by molar-refractivity contribution is 5.00. The van der Waals surface area contributed by atoms with Crippen LogP contribution in [-0.2, 0) is 0 Å². The Morgan fingerprint density at radius 3 is 2.90 bits per heavy atom. The Morgan fingerprint density at radius 1 is 1.50 bits per heavy atom. The minimum absolute atomic E-state index is 0.787. The van der Waals surface area contributed by atoms with E-state index in [1.54, 1.807) is 0 Å². The number of rotatable bonds is 1. The first-order chi connectivity index (χ1) is 4.83. The van der Waals surface area contributed by atoms with Gasteiger partial charge >= 0.3 is 0 Å². The molecular weight excluding hydrogens is 120 g/mol. The van der Waals surface area contributed by atoms with Gasteiger partial charge in [-0.3, -0.25) is 0 Å². The second-order valence-corrected chi connectivity index (χ2v) is 3.16. The molecule has 1 rings (SSSR count). The molecule has 0 saturated heterocycles. The van der Waals surface area contributed by atoms with Crippen LogP contribution in [0.5, 0.6) is 0 Å². The molecule has 0 aromatic heterocycles. The van der Waals surface area contributed by atoms with Gasteiger partial charge in [0, 0.05) is 0 Å². The molecule has 0 saturated carbocycles. The minimum atomic E-state index is 0.787. The van der Waals surface area contributed by atoms with E-state index in [-0.39, 0.29) is 0 Å². The van der Waals surface area contributed by atoms with Crippen LogP contribution in [0, 0.1) is 11.8 Å². The molecule has 10 heavy (non-hydrogen) atoms. The Morgan fingerprint density at radius 2 is 2.30 bits per heavy atom. The van der Waals surface area contributed by atoms with Gasteiger partial charge in [-0.1, -0.05) is 31.2 Å². The molecule has 0 N–H and O–H groups in total. The van der Waals surface area contributed by atoms with Gasteiger partial charge in [0.15, 0.2) is 0 Å². The lowest BCUT2D eigenvalue weighted by atomic mass is 9.88. The molecule has 1 aliphatic rings. The molecule has 0 aromatic rings. The molecule has 0 aromatic carbocycles. The monoisotopic (exact) mass is 136 g/mol. The first kappa shape index (κ1) is 7.59. The van der Waals surface area contributed by atoms with Crippen LogP contribution in [0.25, 0.3) is 0 Å². The smallest absolute Gasteiger partial charge is 0.0194 e. The fraction of sp³-hybridized carbons (Fsp3) is 0.600. The minimum Gasteiger partial charge on any atom is -0.0914 e.